The number of aliphatic carboxylic acids is 1. The maximum Gasteiger partial charge on any atom is 0.306 e. The fourth-order valence-corrected chi connectivity index (χ4v) is 6.24. The molecule has 37 heavy (non-hydrogen) atoms. The van der Waals surface area contributed by atoms with Crippen molar-refractivity contribution in [1.82, 2.24) is 9.88 Å². The first-order valence-corrected chi connectivity index (χ1v) is 13.2. The number of carboxylic acid groups (broad SMARTS) is 1. The van der Waals surface area contributed by atoms with Crippen LogP contribution in [-0.2, 0) is 11.3 Å². The Kier molecular flexibility index (Phi) is 7.02. The first-order chi connectivity index (χ1) is 17.8. The van der Waals surface area contributed by atoms with Crippen LogP contribution in [0.3, 0.4) is 0 Å². The summed E-state index contributed by atoms with van der Waals surface area (Å²) in [6.45, 7) is 2.56. The molecule has 2 aromatic carbocycles. The van der Waals surface area contributed by atoms with Gasteiger partial charge in [0, 0.05) is 29.7 Å². The molecule has 0 unspecified atom stereocenters. The molecule has 4 aromatic rings. The Balaban J connectivity index is 1.34. The van der Waals surface area contributed by atoms with Gasteiger partial charge in [-0.3, -0.25) is 9.59 Å². The Bertz CT molecular complexity index is 1450. The van der Waals surface area contributed by atoms with Crippen molar-refractivity contribution >= 4 is 33.4 Å². The topological polar surface area (TPSA) is 80.6 Å². The zero-order valence-corrected chi connectivity index (χ0v) is 21.6. The molecule has 0 saturated heterocycles. The average molecular weight is 521 g/mol. The van der Waals surface area contributed by atoms with E-state index in [1.807, 2.05) is 43.5 Å². The van der Waals surface area contributed by atoms with Gasteiger partial charge in [-0.1, -0.05) is 24.3 Å². The minimum atomic E-state index is -0.748. The molecule has 5 rings (SSSR count). The average Bonchev–Trinajstić information content (AvgIpc) is 3.42. The highest BCUT2D eigenvalue weighted by Crippen LogP contribution is 2.33. The zero-order valence-electron chi connectivity index (χ0n) is 20.8. The van der Waals surface area contributed by atoms with Crippen LogP contribution in [-0.4, -0.2) is 34.7 Å². The molecular weight excluding hydrogens is 491 g/mol. The van der Waals surface area contributed by atoms with Crippen LogP contribution in [0.15, 0.2) is 54.7 Å². The number of hydrogen-bond donors (Lipinski definition) is 2. The number of nitrogens with one attached hydrogen (secondary N) is 1. The summed E-state index contributed by atoms with van der Waals surface area (Å²) in [4.78, 5) is 25.5. The quantitative estimate of drug-likeness (QED) is 0.302. The number of rotatable bonds is 7. The van der Waals surface area contributed by atoms with Crippen LogP contribution in [0.25, 0.3) is 21.3 Å². The van der Waals surface area contributed by atoms with E-state index in [0.29, 0.717) is 43.5 Å². The number of fused-ring (bicyclic) bond motifs is 1. The first kappa shape index (κ1) is 25.0. The van der Waals surface area contributed by atoms with Crippen molar-refractivity contribution in [3.05, 3.63) is 76.5 Å². The van der Waals surface area contributed by atoms with Gasteiger partial charge in [0.1, 0.15) is 11.6 Å². The molecule has 8 heteroatoms. The van der Waals surface area contributed by atoms with E-state index in [-0.39, 0.29) is 23.7 Å². The molecule has 2 heterocycles. The minimum absolute atomic E-state index is 0.00476. The monoisotopic (exact) mass is 520 g/mol. The molecule has 0 bridgehead atoms. The molecule has 2 N–H and O–H groups in total. The maximum atomic E-state index is 13.9. The number of thiophene rings is 1. The van der Waals surface area contributed by atoms with Crippen LogP contribution in [0.2, 0.25) is 0 Å². The number of aryl methyl sites for hydroxylation is 1. The second kappa shape index (κ2) is 10.4. The van der Waals surface area contributed by atoms with Gasteiger partial charge in [0.05, 0.1) is 28.8 Å². The molecule has 0 atom stereocenters. The number of hydrogen-bond acceptors (Lipinski definition) is 4. The Labute approximate surface area is 218 Å². The number of amides is 1. The fraction of sp³-hybridized carbons (Fsp3) is 0.310. The third-order valence-corrected chi connectivity index (χ3v) is 8.22. The molecule has 2 aromatic heterocycles. The summed E-state index contributed by atoms with van der Waals surface area (Å²) >= 11 is 1.60. The highest BCUT2D eigenvalue weighted by Gasteiger charge is 2.28. The molecule has 0 spiro atoms. The van der Waals surface area contributed by atoms with Crippen LogP contribution in [0.5, 0.6) is 5.75 Å². The third-order valence-electron chi connectivity index (χ3n) is 7.16. The summed E-state index contributed by atoms with van der Waals surface area (Å²) < 4.78 is 22.3. The van der Waals surface area contributed by atoms with Gasteiger partial charge in [-0.2, -0.15) is 0 Å². The number of benzene rings is 2. The number of carboxylic acids is 1. The standard InChI is InChI=1S/C29H29FN2O4S/c1-17-26(28(33)31-23-9-7-20(8-10-23)29(34)35)27-25(37-17)11-12-32(27)16-18-3-5-19(6-4-18)21-13-22(30)15-24(14-21)36-2/h3-6,11-15,20,23H,7-10,16H2,1-2H3,(H,31,33)(H,34,35). The summed E-state index contributed by atoms with van der Waals surface area (Å²) in [7, 11) is 1.52. The summed E-state index contributed by atoms with van der Waals surface area (Å²) in [5.74, 6) is -1.03. The Morgan fingerprint density at radius 3 is 2.49 bits per heavy atom. The summed E-state index contributed by atoms with van der Waals surface area (Å²) in [6.07, 6.45) is 4.54. The summed E-state index contributed by atoms with van der Waals surface area (Å²) in [5.41, 5.74) is 4.30. The number of aromatic nitrogens is 1. The zero-order chi connectivity index (χ0) is 26.1. The van der Waals surface area contributed by atoms with Gasteiger partial charge in [0.2, 0.25) is 0 Å². The lowest BCUT2D eigenvalue weighted by Crippen LogP contribution is -2.39. The van der Waals surface area contributed by atoms with E-state index in [1.54, 1.807) is 17.4 Å². The van der Waals surface area contributed by atoms with Gasteiger partial charge < -0.3 is 19.7 Å². The van der Waals surface area contributed by atoms with Crippen molar-refractivity contribution in [3.63, 3.8) is 0 Å². The van der Waals surface area contributed by atoms with Gasteiger partial charge in [-0.15, -0.1) is 11.3 Å². The molecule has 1 fully saturated rings. The van der Waals surface area contributed by atoms with Crippen LogP contribution in [0.1, 0.15) is 46.5 Å². The highest BCUT2D eigenvalue weighted by atomic mass is 32.1. The predicted octanol–water partition coefficient (Wildman–Crippen LogP) is 6.25. The molecule has 6 nitrogen and oxygen atoms in total. The number of nitrogens with zero attached hydrogens (tertiary/aromatic N) is 1. The van der Waals surface area contributed by atoms with E-state index in [1.165, 1.54) is 19.2 Å². The number of carbonyl (C=O) groups excluding carboxylic acids is 1. The largest absolute Gasteiger partial charge is 0.497 e. The van der Waals surface area contributed by atoms with E-state index in [9.17, 15) is 19.1 Å². The number of carbonyl (C=O) groups is 2. The third kappa shape index (κ3) is 5.25. The minimum Gasteiger partial charge on any atom is -0.497 e. The Morgan fingerprint density at radius 2 is 1.81 bits per heavy atom. The van der Waals surface area contributed by atoms with Crippen molar-refractivity contribution < 1.29 is 23.8 Å². The lowest BCUT2D eigenvalue weighted by molar-refractivity contribution is -0.142. The second-order valence-corrected chi connectivity index (χ2v) is 10.9. The van der Waals surface area contributed by atoms with Crippen molar-refractivity contribution in [3.8, 4) is 16.9 Å². The number of methoxy groups -OCH3 is 1. The lowest BCUT2D eigenvalue weighted by Gasteiger charge is -2.26. The van der Waals surface area contributed by atoms with E-state index in [0.717, 1.165) is 31.8 Å². The fourth-order valence-electron chi connectivity index (χ4n) is 5.17. The van der Waals surface area contributed by atoms with E-state index < -0.39 is 5.97 Å². The normalized spacial score (nSPS) is 17.6. The molecule has 0 aliphatic heterocycles. The Morgan fingerprint density at radius 1 is 1.08 bits per heavy atom. The van der Waals surface area contributed by atoms with Crippen LogP contribution < -0.4 is 10.1 Å². The van der Waals surface area contributed by atoms with Gasteiger partial charge in [-0.25, -0.2) is 4.39 Å². The first-order valence-electron chi connectivity index (χ1n) is 12.4. The molecular formula is C29H29FN2O4S. The summed E-state index contributed by atoms with van der Waals surface area (Å²) in [6, 6.07) is 14.6. The molecule has 1 aliphatic rings. The van der Waals surface area contributed by atoms with E-state index in [2.05, 4.69) is 9.88 Å². The molecule has 1 aliphatic carbocycles. The van der Waals surface area contributed by atoms with E-state index >= 15 is 0 Å². The lowest BCUT2D eigenvalue weighted by atomic mass is 9.86. The van der Waals surface area contributed by atoms with Crippen molar-refractivity contribution in [2.45, 2.75) is 45.2 Å². The highest BCUT2D eigenvalue weighted by molar-refractivity contribution is 7.19. The predicted molar refractivity (Wildman–Crippen MR) is 143 cm³/mol. The van der Waals surface area contributed by atoms with Gasteiger partial charge in [0.15, 0.2) is 0 Å². The SMILES string of the molecule is COc1cc(F)cc(-c2ccc(Cn3ccc4sc(C)c(C(=O)NC5CCC(C(=O)O)CC5)c43)cc2)c1. The Hall–Kier alpha value is -3.65. The van der Waals surface area contributed by atoms with Crippen molar-refractivity contribution in [2.24, 2.45) is 5.92 Å². The van der Waals surface area contributed by atoms with Crippen LogP contribution >= 0.6 is 11.3 Å². The van der Waals surface area contributed by atoms with E-state index in [4.69, 9.17) is 4.74 Å². The van der Waals surface area contributed by atoms with Crippen molar-refractivity contribution in [1.29, 1.82) is 0 Å². The molecule has 1 amide bonds. The molecule has 0 radical (unpaired) electrons. The van der Waals surface area contributed by atoms with Gasteiger partial charge in [-0.05, 0) is 67.5 Å². The van der Waals surface area contributed by atoms with Gasteiger partial charge in [0.25, 0.3) is 5.91 Å². The number of halogens is 1. The summed E-state index contributed by atoms with van der Waals surface area (Å²) in [5, 5.41) is 12.4. The smallest absolute Gasteiger partial charge is 0.306 e. The molecule has 1 saturated carbocycles. The van der Waals surface area contributed by atoms with Crippen molar-refractivity contribution in [2.75, 3.05) is 7.11 Å². The van der Waals surface area contributed by atoms with Crippen LogP contribution in [0.4, 0.5) is 4.39 Å². The van der Waals surface area contributed by atoms with Gasteiger partial charge >= 0.3 is 5.97 Å². The second-order valence-electron chi connectivity index (χ2n) is 9.63. The number of ether oxygens (including phenoxy) is 1. The molecule has 192 valence electrons. The van der Waals surface area contributed by atoms with Crippen LogP contribution in [0, 0.1) is 18.7 Å². The maximum absolute atomic E-state index is 13.9.